The van der Waals surface area contributed by atoms with E-state index in [1.54, 1.807) is 40.1 Å². The zero-order valence-electron chi connectivity index (χ0n) is 13.7. The molecule has 1 unspecified atom stereocenters. The first-order valence-electron chi connectivity index (χ1n) is 7.63. The van der Waals surface area contributed by atoms with Crippen molar-refractivity contribution in [1.82, 2.24) is 9.97 Å². The summed E-state index contributed by atoms with van der Waals surface area (Å²) in [5.74, 6) is 0.682. The van der Waals surface area contributed by atoms with Crippen LogP contribution in [0.15, 0.2) is 12.4 Å². The van der Waals surface area contributed by atoms with Crippen molar-refractivity contribution in [3.63, 3.8) is 0 Å². The normalized spacial score (nSPS) is 20.1. The topological polar surface area (TPSA) is 58.5 Å². The molecule has 1 aromatic heterocycles. The maximum Gasteiger partial charge on any atom is 0.353 e. The Kier molecular flexibility index (Phi) is 5.07. The third-order valence-electron chi connectivity index (χ3n) is 4.29. The largest absolute Gasteiger partial charge is 0.425 e. The molecule has 121 valence electrons. The van der Waals surface area contributed by atoms with Crippen LogP contribution >= 0.6 is 0 Å². The van der Waals surface area contributed by atoms with Crippen LogP contribution in [-0.4, -0.2) is 53.0 Å². The first-order chi connectivity index (χ1) is 10.2. The van der Waals surface area contributed by atoms with E-state index in [2.05, 4.69) is 9.97 Å². The number of alkyl halides is 1. The predicted octanol–water partition coefficient (Wildman–Crippen LogP) is 1.23. The van der Waals surface area contributed by atoms with Crippen LogP contribution in [0.5, 0.6) is 0 Å². The molecule has 22 heavy (non-hydrogen) atoms. The summed E-state index contributed by atoms with van der Waals surface area (Å²) in [5, 5.41) is 10.0. The minimum atomic E-state index is -0.985. The summed E-state index contributed by atoms with van der Waals surface area (Å²) < 4.78 is 19.1. The number of piperidine rings is 1. The Bertz CT molecular complexity index is 491. The van der Waals surface area contributed by atoms with Crippen LogP contribution in [0, 0.1) is 0 Å². The summed E-state index contributed by atoms with van der Waals surface area (Å²) in [6, 6.07) is 0. The van der Waals surface area contributed by atoms with E-state index in [0.29, 0.717) is 24.4 Å². The van der Waals surface area contributed by atoms with Gasteiger partial charge in [-0.15, -0.1) is 0 Å². The van der Waals surface area contributed by atoms with Crippen molar-refractivity contribution >= 4 is 18.9 Å². The zero-order valence-corrected chi connectivity index (χ0v) is 13.7. The maximum atomic E-state index is 13.4. The smallest absolute Gasteiger partial charge is 0.353 e. The second-order valence-corrected chi connectivity index (χ2v) is 6.79. The van der Waals surface area contributed by atoms with Gasteiger partial charge in [0.1, 0.15) is 12.0 Å². The lowest BCUT2D eigenvalue weighted by Gasteiger charge is -2.37. The van der Waals surface area contributed by atoms with Gasteiger partial charge in [0.15, 0.2) is 0 Å². The average molecular weight is 308 g/mol. The van der Waals surface area contributed by atoms with Gasteiger partial charge in [0.05, 0.1) is 29.5 Å². The molecule has 1 aliphatic rings. The summed E-state index contributed by atoms with van der Waals surface area (Å²) in [6.45, 7) is 8.18. The van der Waals surface area contributed by atoms with Gasteiger partial charge in [0.2, 0.25) is 0 Å². The van der Waals surface area contributed by atoms with Crippen LogP contribution in [0.25, 0.3) is 0 Å². The highest BCUT2D eigenvalue weighted by atomic mass is 19.1. The number of aliphatic hydroxyl groups is 1. The van der Waals surface area contributed by atoms with Crippen LogP contribution < -0.4 is 10.5 Å². The van der Waals surface area contributed by atoms with Crippen LogP contribution in [0.3, 0.4) is 0 Å². The first kappa shape index (κ1) is 17.2. The number of nitrogens with zero attached hydrogens (tertiary/aromatic N) is 3. The Morgan fingerprint density at radius 1 is 1.32 bits per heavy atom. The molecule has 1 radical (unpaired) electrons. The van der Waals surface area contributed by atoms with Gasteiger partial charge in [-0.1, -0.05) is 0 Å². The standard InChI is InChI=1S/C15H24BFN3O2/c1-14(2,21)15(3,4)22-16-12-8-19-13(9-18-12)20-7-5-6-11(17)10-20/h8-9,11,21H,5-7,10H2,1-4H3. The van der Waals surface area contributed by atoms with Crippen LogP contribution in [0.2, 0.25) is 0 Å². The van der Waals surface area contributed by atoms with E-state index in [1.165, 1.54) is 7.48 Å². The molecular weight excluding hydrogens is 284 g/mol. The van der Waals surface area contributed by atoms with Crippen molar-refractivity contribution < 1.29 is 14.2 Å². The van der Waals surface area contributed by atoms with Gasteiger partial charge in [-0.25, -0.2) is 9.37 Å². The van der Waals surface area contributed by atoms with Crippen molar-refractivity contribution in [1.29, 1.82) is 0 Å². The number of aromatic nitrogens is 2. The molecule has 1 aliphatic heterocycles. The van der Waals surface area contributed by atoms with Crippen molar-refractivity contribution in [2.24, 2.45) is 0 Å². The second kappa shape index (κ2) is 6.50. The number of hydrogen-bond donors (Lipinski definition) is 1. The summed E-state index contributed by atoms with van der Waals surface area (Å²) >= 11 is 0. The van der Waals surface area contributed by atoms with E-state index < -0.39 is 17.4 Å². The lowest BCUT2D eigenvalue weighted by molar-refractivity contribution is -0.0893. The molecule has 5 nitrogen and oxygen atoms in total. The third kappa shape index (κ3) is 4.17. The van der Waals surface area contributed by atoms with Gasteiger partial charge < -0.3 is 14.7 Å². The molecule has 0 aliphatic carbocycles. The Balaban J connectivity index is 1.95. The molecule has 0 spiro atoms. The van der Waals surface area contributed by atoms with Crippen LogP contribution in [0.4, 0.5) is 10.2 Å². The molecule has 0 amide bonds. The number of hydrogen-bond acceptors (Lipinski definition) is 5. The summed E-state index contributed by atoms with van der Waals surface area (Å²) in [7, 11) is 1.49. The molecule has 1 atom stereocenters. The minimum absolute atomic E-state index is 0.375. The lowest BCUT2D eigenvalue weighted by atomic mass is 9.85. The van der Waals surface area contributed by atoms with Gasteiger partial charge in [0.25, 0.3) is 0 Å². The van der Waals surface area contributed by atoms with E-state index >= 15 is 0 Å². The molecule has 0 saturated carbocycles. The van der Waals surface area contributed by atoms with E-state index in [1.807, 2.05) is 4.90 Å². The van der Waals surface area contributed by atoms with Gasteiger partial charge in [-0.05, 0) is 40.5 Å². The molecule has 0 bridgehead atoms. The SMILES string of the molecule is CC(C)(O)C(C)(C)O[B]c1cnc(N2CCCC(F)C2)cn1. The highest BCUT2D eigenvalue weighted by Gasteiger charge is 2.35. The Hall–Kier alpha value is -1.21. The Morgan fingerprint density at radius 2 is 2.05 bits per heavy atom. The molecule has 7 heteroatoms. The van der Waals surface area contributed by atoms with Crippen molar-refractivity contribution in [3.8, 4) is 0 Å². The van der Waals surface area contributed by atoms with Crippen LogP contribution in [-0.2, 0) is 4.65 Å². The van der Waals surface area contributed by atoms with E-state index in [4.69, 9.17) is 4.65 Å². The zero-order chi connectivity index (χ0) is 16.4. The predicted molar refractivity (Wildman–Crippen MR) is 85.2 cm³/mol. The molecule has 1 aromatic rings. The van der Waals surface area contributed by atoms with Crippen LogP contribution in [0.1, 0.15) is 40.5 Å². The fourth-order valence-electron chi connectivity index (χ4n) is 2.04. The molecule has 1 N–H and O–H groups in total. The van der Waals surface area contributed by atoms with E-state index in [9.17, 15) is 9.50 Å². The maximum absolute atomic E-state index is 13.4. The number of anilines is 1. The van der Waals surface area contributed by atoms with Crippen molar-refractivity contribution in [3.05, 3.63) is 12.4 Å². The molecular formula is C15H24BFN3O2. The van der Waals surface area contributed by atoms with E-state index in [-0.39, 0.29) is 0 Å². The minimum Gasteiger partial charge on any atom is -0.425 e. The Morgan fingerprint density at radius 3 is 2.59 bits per heavy atom. The number of halogens is 1. The van der Waals surface area contributed by atoms with Crippen molar-refractivity contribution in [2.45, 2.75) is 57.9 Å². The van der Waals surface area contributed by atoms with Gasteiger partial charge >= 0.3 is 7.48 Å². The highest BCUT2D eigenvalue weighted by Crippen LogP contribution is 2.24. The van der Waals surface area contributed by atoms with Gasteiger partial charge in [-0.2, -0.15) is 0 Å². The fourth-order valence-corrected chi connectivity index (χ4v) is 2.04. The van der Waals surface area contributed by atoms with Crippen molar-refractivity contribution in [2.75, 3.05) is 18.0 Å². The average Bonchev–Trinajstić information content (AvgIpc) is 2.44. The lowest BCUT2D eigenvalue weighted by Crippen LogP contribution is -2.49. The number of rotatable bonds is 5. The molecule has 1 fully saturated rings. The fraction of sp³-hybridized carbons (Fsp3) is 0.733. The quantitative estimate of drug-likeness (QED) is 0.829. The summed E-state index contributed by atoms with van der Waals surface area (Å²) in [6.07, 6.45) is 3.88. The third-order valence-corrected chi connectivity index (χ3v) is 4.29. The Labute approximate surface area is 132 Å². The highest BCUT2D eigenvalue weighted by molar-refractivity contribution is 6.45. The summed E-state index contributed by atoms with van der Waals surface area (Å²) in [5.41, 5.74) is -1.17. The van der Waals surface area contributed by atoms with Gasteiger partial charge in [-0.3, -0.25) is 4.98 Å². The molecule has 1 saturated heterocycles. The monoisotopic (exact) mass is 308 g/mol. The molecule has 2 rings (SSSR count). The molecule has 0 aromatic carbocycles. The van der Waals surface area contributed by atoms with Gasteiger partial charge in [0, 0.05) is 12.7 Å². The van der Waals surface area contributed by atoms with E-state index in [0.717, 1.165) is 13.0 Å². The summed E-state index contributed by atoms with van der Waals surface area (Å²) in [4.78, 5) is 10.5. The second-order valence-electron chi connectivity index (χ2n) is 6.79. The first-order valence-corrected chi connectivity index (χ1v) is 7.63. The molecule has 2 heterocycles.